The van der Waals surface area contributed by atoms with Crippen molar-refractivity contribution in [2.24, 2.45) is 5.92 Å². The van der Waals surface area contributed by atoms with Gasteiger partial charge >= 0.3 is 13.1 Å². The molecule has 1 aromatic rings. The Labute approximate surface area is 155 Å². The second kappa shape index (κ2) is 6.53. The molecule has 1 aromatic carbocycles. The molecule has 0 aliphatic carbocycles. The molecule has 1 N–H and O–H groups in total. The minimum absolute atomic E-state index is 0.157. The van der Waals surface area contributed by atoms with E-state index in [1.807, 2.05) is 34.6 Å². The first-order valence-corrected chi connectivity index (χ1v) is 9.22. The summed E-state index contributed by atoms with van der Waals surface area (Å²) in [5, 5.41) is 2.71. The largest absolute Gasteiger partial charge is 0.495 e. The van der Waals surface area contributed by atoms with Crippen LogP contribution in [0.3, 0.4) is 0 Å². The Hall–Kier alpha value is -1.60. The highest BCUT2D eigenvalue weighted by molar-refractivity contribution is 6.62. The van der Waals surface area contributed by atoms with Gasteiger partial charge in [-0.1, -0.05) is 6.92 Å². The molecule has 2 aliphatic heterocycles. The van der Waals surface area contributed by atoms with Crippen LogP contribution in [0, 0.1) is 18.7 Å². The maximum absolute atomic E-state index is 14.4. The van der Waals surface area contributed by atoms with Crippen LogP contribution in [-0.2, 0) is 9.31 Å². The van der Waals surface area contributed by atoms with Crippen LogP contribution in [0.5, 0.6) is 0 Å². The van der Waals surface area contributed by atoms with Gasteiger partial charge in [-0.25, -0.2) is 9.18 Å². The molecule has 2 aliphatic rings. The second-order valence-electron chi connectivity index (χ2n) is 8.55. The molecule has 3 rings (SSSR count). The Morgan fingerprint density at radius 3 is 2.42 bits per heavy atom. The van der Waals surface area contributed by atoms with E-state index in [9.17, 15) is 9.18 Å². The minimum atomic E-state index is -0.594. The average molecular weight is 362 g/mol. The molecular formula is C19H28BFN2O3. The van der Waals surface area contributed by atoms with Crippen molar-refractivity contribution < 1.29 is 18.5 Å². The normalized spacial score (nSPS) is 24.2. The van der Waals surface area contributed by atoms with Crippen LogP contribution in [0.15, 0.2) is 12.1 Å². The van der Waals surface area contributed by atoms with Gasteiger partial charge in [0.2, 0.25) is 0 Å². The molecule has 2 amide bonds. The van der Waals surface area contributed by atoms with E-state index in [-0.39, 0.29) is 11.7 Å². The van der Waals surface area contributed by atoms with Crippen LogP contribution in [-0.4, -0.2) is 42.3 Å². The molecule has 0 radical (unpaired) electrons. The lowest BCUT2D eigenvalue weighted by atomic mass is 9.76. The van der Waals surface area contributed by atoms with Crippen molar-refractivity contribution in [3.05, 3.63) is 23.5 Å². The fourth-order valence-corrected chi connectivity index (χ4v) is 3.32. The van der Waals surface area contributed by atoms with E-state index < -0.39 is 24.1 Å². The highest BCUT2D eigenvalue weighted by atomic mass is 19.1. The monoisotopic (exact) mass is 362 g/mol. The van der Waals surface area contributed by atoms with Crippen molar-refractivity contribution in [3.8, 4) is 0 Å². The topological polar surface area (TPSA) is 50.8 Å². The van der Waals surface area contributed by atoms with Crippen molar-refractivity contribution in [1.29, 1.82) is 0 Å². The zero-order valence-electron chi connectivity index (χ0n) is 16.5. The number of carbonyl (C=O) groups is 1. The van der Waals surface area contributed by atoms with Gasteiger partial charge in [0.15, 0.2) is 0 Å². The second-order valence-corrected chi connectivity index (χ2v) is 8.55. The molecule has 2 saturated heterocycles. The number of rotatable bonds is 2. The highest BCUT2D eigenvalue weighted by Crippen LogP contribution is 2.37. The Morgan fingerprint density at radius 1 is 1.27 bits per heavy atom. The molecule has 0 bridgehead atoms. The van der Waals surface area contributed by atoms with Gasteiger partial charge in [0.1, 0.15) is 5.82 Å². The quantitative estimate of drug-likeness (QED) is 0.822. The zero-order valence-corrected chi connectivity index (χ0v) is 16.5. The number of benzene rings is 1. The number of hydrogen-bond donors (Lipinski definition) is 1. The zero-order chi connectivity index (χ0) is 19.3. The average Bonchev–Trinajstić information content (AvgIpc) is 3.03. The van der Waals surface area contributed by atoms with E-state index >= 15 is 0 Å². The van der Waals surface area contributed by atoms with E-state index in [1.54, 1.807) is 11.0 Å². The SMILES string of the molecule is Cc1cc(F)c(NC(=O)N2CC[C@@H](C)C2)cc1B1OC(C)(C)C(C)(C)O1. The van der Waals surface area contributed by atoms with Crippen LogP contribution in [0.2, 0.25) is 0 Å². The Bertz CT molecular complexity index is 707. The van der Waals surface area contributed by atoms with Gasteiger partial charge in [-0.15, -0.1) is 0 Å². The number of likely N-dealkylation sites (tertiary alicyclic amines) is 1. The molecular weight excluding hydrogens is 334 g/mol. The van der Waals surface area contributed by atoms with Gasteiger partial charge in [-0.2, -0.15) is 0 Å². The molecule has 142 valence electrons. The van der Waals surface area contributed by atoms with Crippen molar-refractivity contribution in [3.63, 3.8) is 0 Å². The third kappa shape index (κ3) is 3.47. The van der Waals surface area contributed by atoms with E-state index in [4.69, 9.17) is 9.31 Å². The van der Waals surface area contributed by atoms with Crippen molar-refractivity contribution in [2.45, 2.75) is 59.2 Å². The molecule has 0 unspecified atom stereocenters. The standard InChI is InChI=1S/C19H28BFN2O3/c1-12-7-8-23(11-12)17(24)22-16-10-14(13(2)9-15(16)21)20-25-18(3,4)19(5,6)26-20/h9-10,12H,7-8,11H2,1-6H3,(H,22,24)/t12-/m1/s1. The lowest BCUT2D eigenvalue weighted by Crippen LogP contribution is -2.41. The Balaban J connectivity index is 1.83. The summed E-state index contributed by atoms with van der Waals surface area (Å²) < 4.78 is 26.6. The molecule has 1 atom stereocenters. The first-order valence-electron chi connectivity index (χ1n) is 9.22. The molecule has 0 saturated carbocycles. The number of carbonyl (C=O) groups excluding carboxylic acids is 1. The summed E-state index contributed by atoms with van der Waals surface area (Å²) >= 11 is 0. The van der Waals surface area contributed by atoms with Gasteiger partial charge < -0.3 is 19.5 Å². The number of amides is 2. The maximum Gasteiger partial charge on any atom is 0.495 e. The van der Waals surface area contributed by atoms with Crippen molar-refractivity contribution >= 4 is 24.3 Å². The number of nitrogens with zero attached hydrogens (tertiary/aromatic N) is 1. The number of hydrogen-bond acceptors (Lipinski definition) is 3. The number of halogens is 1. The first-order chi connectivity index (χ1) is 12.0. The lowest BCUT2D eigenvalue weighted by Gasteiger charge is -2.32. The number of aryl methyl sites for hydroxylation is 1. The van der Waals surface area contributed by atoms with E-state index in [1.165, 1.54) is 6.07 Å². The first kappa shape index (κ1) is 19.2. The molecule has 26 heavy (non-hydrogen) atoms. The Morgan fingerprint density at radius 2 is 1.88 bits per heavy atom. The van der Waals surface area contributed by atoms with Crippen LogP contribution >= 0.6 is 0 Å². The summed E-state index contributed by atoms with van der Waals surface area (Å²) in [6.07, 6.45) is 0.975. The predicted molar refractivity (Wildman–Crippen MR) is 101 cm³/mol. The molecule has 2 heterocycles. The fraction of sp³-hybridized carbons (Fsp3) is 0.632. The summed E-state index contributed by atoms with van der Waals surface area (Å²) in [4.78, 5) is 14.1. The molecule has 0 spiro atoms. The molecule has 2 fully saturated rings. The van der Waals surface area contributed by atoms with Gasteiger partial charge in [0.25, 0.3) is 0 Å². The van der Waals surface area contributed by atoms with E-state index in [2.05, 4.69) is 12.2 Å². The van der Waals surface area contributed by atoms with Crippen LogP contribution < -0.4 is 10.8 Å². The van der Waals surface area contributed by atoms with Crippen molar-refractivity contribution in [2.75, 3.05) is 18.4 Å². The summed E-state index contributed by atoms with van der Waals surface area (Å²) in [6, 6.07) is 2.78. The summed E-state index contributed by atoms with van der Waals surface area (Å²) in [5.41, 5.74) is 0.662. The maximum atomic E-state index is 14.4. The number of urea groups is 1. The third-order valence-corrected chi connectivity index (χ3v) is 5.82. The van der Waals surface area contributed by atoms with Crippen LogP contribution in [0.25, 0.3) is 0 Å². The number of anilines is 1. The lowest BCUT2D eigenvalue weighted by molar-refractivity contribution is 0.00578. The van der Waals surface area contributed by atoms with Gasteiger partial charge in [0.05, 0.1) is 16.9 Å². The summed E-state index contributed by atoms with van der Waals surface area (Å²) in [7, 11) is -0.594. The van der Waals surface area contributed by atoms with E-state index in [0.29, 0.717) is 19.0 Å². The van der Waals surface area contributed by atoms with Crippen LogP contribution in [0.4, 0.5) is 14.9 Å². The predicted octanol–water partition coefficient (Wildman–Crippen LogP) is 3.31. The third-order valence-electron chi connectivity index (χ3n) is 5.82. The fourth-order valence-electron chi connectivity index (χ4n) is 3.32. The molecule has 5 nitrogen and oxygen atoms in total. The Kier molecular flexibility index (Phi) is 4.82. The van der Waals surface area contributed by atoms with Gasteiger partial charge in [-0.05, 0) is 70.1 Å². The van der Waals surface area contributed by atoms with Gasteiger partial charge in [0, 0.05) is 13.1 Å². The summed E-state index contributed by atoms with van der Waals surface area (Å²) in [5.74, 6) is 0.0206. The van der Waals surface area contributed by atoms with E-state index in [0.717, 1.165) is 17.4 Å². The minimum Gasteiger partial charge on any atom is -0.399 e. The highest BCUT2D eigenvalue weighted by Gasteiger charge is 2.52. The summed E-state index contributed by atoms with van der Waals surface area (Å²) in [6.45, 7) is 13.2. The molecule has 7 heteroatoms. The van der Waals surface area contributed by atoms with Gasteiger partial charge in [-0.3, -0.25) is 0 Å². The van der Waals surface area contributed by atoms with Crippen molar-refractivity contribution in [1.82, 2.24) is 4.90 Å². The smallest absolute Gasteiger partial charge is 0.399 e. The van der Waals surface area contributed by atoms with Crippen LogP contribution in [0.1, 0.15) is 46.6 Å². The molecule has 0 aromatic heterocycles. The number of nitrogens with one attached hydrogen (secondary N) is 1.